The lowest BCUT2D eigenvalue weighted by molar-refractivity contribution is -0.144. The van der Waals surface area contributed by atoms with E-state index in [4.69, 9.17) is 4.74 Å². The first-order chi connectivity index (χ1) is 13.0. The van der Waals surface area contributed by atoms with Crippen LogP contribution in [0.2, 0.25) is 0 Å². The predicted molar refractivity (Wildman–Crippen MR) is 102 cm³/mol. The number of fused-ring (bicyclic) bond motifs is 2. The molecule has 1 N–H and O–H groups in total. The number of benzene rings is 1. The Bertz CT molecular complexity index is 682. The zero-order chi connectivity index (χ0) is 19.2. The maximum Gasteiger partial charge on any atom is 0.306 e. The molecule has 5 heteroatoms. The maximum absolute atomic E-state index is 12.2. The average molecular weight is 371 g/mol. The van der Waals surface area contributed by atoms with Gasteiger partial charge in [0.25, 0.3) is 0 Å². The van der Waals surface area contributed by atoms with Crippen LogP contribution in [0.15, 0.2) is 24.3 Å². The summed E-state index contributed by atoms with van der Waals surface area (Å²) in [4.78, 5) is 35.1. The molecule has 0 spiro atoms. The van der Waals surface area contributed by atoms with E-state index in [1.165, 1.54) is 26.2 Å². The molecular weight excluding hydrogens is 342 g/mol. The summed E-state index contributed by atoms with van der Waals surface area (Å²) in [6.07, 6.45) is 7.14. The molecule has 3 rings (SSSR count). The highest BCUT2D eigenvalue weighted by Crippen LogP contribution is 2.49. The van der Waals surface area contributed by atoms with Gasteiger partial charge in [0.15, 0.2) is 12.4 Å². The van der Waals surface area contributed by atoms with Crippen LogP contribution >= 0.6 is 0 Å². The van der Waals surface area contributed by atoms with Gasteiger partial charge in [0, 0.05) is 25.5 Å². The number of esters is 1. The quantitative estimate of drug-likeness (QED) is 0.411. The maximum atomic E-state index is 12.2. The van der Waals surface area contributed by atoms with Crippen LogP contribution in [-0.2, 0) is 20.7 Å². The molecule has 0 aliphatic heterocycles. The highest BCUT2D eigenvalue weighted by molar-refractivity contribution is 5.97. The SMILES string of the molecule is CC(=O)NCCCc1ccc(C(=O)COC(=O)C[C@@H]2C[C@H]3CC[C@H]2C3)cc1. The van der Waals surface area contributed by atoms with Crippen LogP contribution in [0, 0.1) is 17.8 Å². The molecule has 3 atom stereocenters. The van der Waals surface area contributed by atoms with Gasteiger partial charge in [0.05, 0.1) is 0 Å². The van der Waals surface area contributed by atoms with Crippen molar-refractivity contribution < 1.29 is 19.1 Å². The van der Waals surface area contributed by atoms with Gasteiger partial charge in [-0.3, -0.25) is 14.4 Å². The van der Waals surface area contributed by atoms with E-state index in [0.717, 1.165) is 30.7 Å². The molecule has 2 saturated carbocycles. The average Bonchev–Trinajstić information content (AvgIpc) is 3.26. The molecule has 0 saturated heterocycles. The molecule has 1 aromatic carbocycles. The molecule has 0 heterocycles. The third kappa shape index (κ3) is 5.65. The molecule has 146 valence electrons. The molecule has 1 aromatic rings. The van der Waals surface area contributed by atoms with Gasteiger partial charge >= 0.3 is 5.97 Å². The molecule has 0 radical (unpaired) electrons. The van der Waals surface area contributed by atoms with Crippen molar-refractivity contribution in [3.05, 3.63) is 35.4 Å². The number of hydrogen-bond acceptors (Lipinski definition) is 4. The molecule has 2 fully saturated rings. The lowest BCUT2D eigenvalue weighted by atomic mass is 9.86. The fraction of sp³-hybridized carbons (Fsp3) is 0.591. The molecular formula is C22H29NO4. The summed E-state index contributed by atoms with van der Waals surface area (Å²) in [6, 6.07) is 7.38. The van der Waals surface area contributed by atoms with Crippen molar-refractivity contribution in [2.75, 3.05) is 13.2 Å². The number of aryl methyl sites for hydroxylation is 1. The van der Waals surface area contributed by atoms with Crippen LogP contribution in [0.3, 0.4) is 0 Å². The Labute approximate surface area is 160 Å². The second-order valence-corrected chi connectivity index (χ2v) is 8.01. The highest BCUT2D eigenvalue weighted by atomic mass is 16.5. The van der Waals surface area contributed by atoms with Gasteiger partial charge < -0.3 is 10.1 Å². The zero-order valence-corrected chi connectivity index (χ0v) is 16.0. The van der Waals surface area contributed by atoms with Gasteiger partial charge in [0.2, 0.25) is 5.91 Å². The largest absolute Gasteiger partial charge is 0.457 e. The molecule has 0 unspecified atom stereocenters. The van der Waals surface area contributed by atoms with Gasteiger partial charge in [-0.05, 0) is 55.4 Å². The van der Waals surface area contributed by atoms with E-state index in [1.807, 2.05) is 12.1 Å². The summed E-state index contributed by atoms with van der Waals surface area (Å²) in [6.45, 7) is 1.97. The van der Waals surface area contributed by atoms with Crippen molar-refractivity contribution in [2.24, 2.45) is 17.8 Å². The summed E-state index contributed by atoms with van der Waals surface area (Å²) >= 11 is 0. The van der Waals surface area contributed by atoms with Crippen molar-refractivity contribution >= 4 is 17.7 Å². The van der Waals surface area contributed by atoms with Crippen LogP contribution in [-0.4, -0.2) is 30.8 Å². The standard InChI is InChI=1S/C22H29NO4/c1-15(24)23-10-2-3-16-4-7-18(8-5-16)21(25)14-27-22(26)13-20-12-17-6-9-19(20)11-17/h4-5,7-8,17,19-20H,2-3,6,9-14H2,1H3,(H,23,24)/t17-,19-,20-/m0/s1. The van der Waals surface area contributed by atoms with E-state index < -0.39 is 0 Å². The number of nitrogens with one attached hydrogen (secondary N) is 1. The summed E-state index contributed by atoms with van der Waals surface area (Å²) < 4.78 is 5.23. The first-order valence-electron chi connectivity index (χ1n) is 10.0. The van der Waals surface area contributed by atoms with Gasteiger partial charge in [-0.25, -0.2) is 0 Å². The number of hydrogen-bond donors (Lipinski definition) is 1. The normalized spacial score (nSPS) is 23.2. The second-order valence-electron chi connectivity index (χ2n) is 8.01. The second kappa shape index (κ2) is 9.16. The monoisotopic (exact) mass is 371 g/mol. The third-order valence-electron chi connectivity index (χ3n) is 5.97. The predicted octanol–water partition coefficient (Wildman–Crippen LogP) is 3.31. The minimum absolute atomic E-state index is 0.0223. The zero-order valence-electron chi connectivity index (χ0n) is 16.0. The van der Waals surface area contributed by atoms with Crippen LogP contribution < -0.4 is 5.32 Å². The Morgan fingerprint density at radius 1 is 1.11 bits per heavy atom. The Balaban J connectivity index is 1.37. The number of rotatable bonds is 9. The Kier molecular flexibility index (Phi) is 6.64. The van der Waals surface area contributed by atoms with Crippen LogP contribution in [0.5, 0.6) is 0 Å². The number of ketones is 1. The Morgan fingerprint density at radius 3 is 2.52 bits per heavy atom. The van der Waals surface area contributed by atoms with Crippen molar-refractivity contribution in [1.82, 2.24) is 5.32 Å². The van der Waals surface area contributed by atoms with E-state index in [9.17, 15) is 14.4 Å². The molecule has 27 heavy (non-hydrogen) atoms. The van der Waals surface area contributed by atoms with Crippen molar-refractivity contribution in [1.29, 1.82) is 0 Å². The summed E-state index contributed by atoms with van der Waals surface area (Å²) in [7, 11) is 0. The van der Waals surface area contributed by atoms with Gasteiger partial charge in [-0.15, -0.1) is 0 Å². The van der Waals surface area contributed by atoms with E-state index in [-0.39, 0.29) is 24.3 Å². The van der Waals surface area contributed by atoms with E-state index in [1.54, 1.807) is 12.1 Å². The van der Waals surface area contributed by atoms with Crippen molar-refractivity contribution in [3.63, 3.8) is 0 Å². The molecule has 0 aromatic heterocycles. The van der Waals surface area contributed by atoms with Gasteiger partial charge in [0.1, 0.15) is 0 Å². The molecule has 1 amide bonds. The minimum atomic E-state index is -0.240. The van der Waals surface area contributed by atoms with Crippen LogP contribution in [0.1, 0.15) is 61.4 Å². The number of Topliss-reactive ketones (excluding diaryl/α,β-unsaturated/α-hetero) is 1. The molecule has 5 nitrogen and oxygen atoms in total. The van der Waals surface area contributed by atoms with E-state index in [0.29, 0.717) is 30.4 Å². The smallest absolute Gasteiger partial charge is 0.306 e. The minimum Gasteiger partial charge on any atom is -0.457 e. The summed E-state index contributed by atoms with van der Waals surface area (Å²) in [5.74, 6) is 1.54. The first kappa shape index (κ1) is 19.6. The topological polar surface area (TPSA) is 72.5 Å². The summed E-state index contributed by atoms with van der Waals surface area (Å²) in [5, 5.41) is 2.77. The number of carbonyl (C=O) groups excluding carboxylic acids is 3. The molecule has 2 bridgehead atoms. The summed E-state index contributed by atoms with van der Waals surface area (Å²) in [5.41, 5.74) is 1.68. The van der Waals surface area contributed by atoms with Crippen LogP contribution in [0.4, 0.5) is 0 Å². The fourth-order valence-electron chi connectivity index (χ4n) is 4.54. The van der Waals surface area contributed by atoms with Crippen molar-refractivity contribution in [3.8, 4) is 0 Å². The van der Waals surface area contributed by atoms with Crippen molar-refractivity contribution in [2.45, 2.75) is 51.9 Å². The highest BCUT2D eigenvalue weighted by Gasteiger charge is 2.40. The third-order valence-corrected chi connectivity index (χ3v) is 5.97. The lowest BCUT2D eigenvalue weighted by Crippen LogP contribution is -2.21. The number of amides is 1. The first-order valence-corrected chi connectivity index (χ1v) is 10.0. The van der Waals surface area contributed by atoms with Gasteiger partial charge in [-0.1, -0.05) is 30.7 Å². The lowest BCUT2D eigenvalue weighted by Gasteiger charge is -2.20. The van der Waals surface area contributed by atoms with E-state index >= 15 is 0 Å². The number of ether oxygens (including phenoxy) is 1. The van der Waals surface area contributed by atoms with E-state index in [2.05, 4.69) is 5.32 Å². The van der Waals surface area contributed by atoms with Gasteiger partial charge in [-0.2, -0.15) is 0 Å². The molecule has 2 aliphatic carbocycles. The molecule has 2 aliphatic rings. The Hall–Kier alpha value is -2.17. The number of carbonyl (C=O) groups is 3. The Morgan fingerprint density at radius 2 is 1.89 bits per heavy atom. The fourth-order valence-corrected chi connectivity index (χ4v) is 4.54. The van der Waals surface area contributed by atoms with Crippen LogP contribution in [0.25, 0.3) is 0 Å².